The summed E-state index contributed by atoms with van der Waals surface area (Å²) >= 11 is 0. The second-order valence-corrected chi connectivity index (χ2v) is 5.89. The van der Waals surface area contributed by atoms with Crippen LogP contribution in [0, 0.1) is 0 Å². The lowest BCUT2D eigenvalue weighted by atomic mass is 10.2. The number of hydrogen-bond acceptors (Lipinski definition) is 4. The summed E-state index contributed by atoms with van der Waals surface area (Å²) in [5, 5.41) is 4.97. The monoisotopic (exact) mass is 300 g/mol. The van der Waals surface area contributed by atoms with Gasteiger partial charge in [-0.05, 0) is 25.0 Å². The van der Waals surface area contributed by atoms with Crippen molar-refractivity contribution in [3.8, 4) is 5.75 Å². The summed E-state index contributed by atoms with van der Waals surface area (Å²) in [7, 11) is -4.00. The van der Waals surface area contributed by atoms with Gasteiger partial charge in [0.1, 0.15) is 0 Å². The van der Waals surface area contributed by atoms with Crippen molar-refractivity contribution in [1.29, 1.82) is 0 Å². The number of rotatable bonds is 9. The molecule has 0 atom stereocenters. The Morgan fingerprint density at radius 3 is 2.15 bits per heavy atom. The number of hydrogen-bond donors (Lipinski definition) is 1. The summed E-state index contributed by atoms with van der Waals surface area (Å²) in [6, 6.07) is 7.11. The molecule has 0 aliphatic carbocycles. The van der Waals surface area contributed by atoms with E-state index in [-0.39, 0.29) is 0 Å². The van der Waals surface area contributed by atoms with E-state index in [2.05, 4.69) is 18.7 Å². The SMILES string of the molecule is CCCCN(CCCC)c1ccccc1OS(N)(=O)=O. The van der Waals surface area contributed by atoms with E-state index in [0.29, 0.717) is 5.75 Å². The molecular weight excluding hydrogens is 276 g/mol. The van der Waals surface area contributed by atoms with Crippen molar-refractivity contribution in [3.63, 3.8) is 0 Å². The van der Waals surface area contributed by atoms with Crippen molar-refractivity contribution in [2.75, 3.05) is 18.0 Å². The Kier molecular flexibility index (Phi) is 6.81. The van der Waals surface area contributed by atoms with Gasteiger partial charge in [-0.2, -0.15) is 13.6 Å². The lowest BCUT2D eigenvalue weighted by Crippen LogP contribution is -2.27. The first kappa shape index (κ1) is 16.8. The van der Waals surface area contributed by atoms with Gasteiger partial charge in [-0.15, -0.1) is 0 Å². The third-order valence-corrected chi connectivity index (χ3v) is 3.39. The number of benzene rings is 1. The Hall–Kier alpha value is -1.27. The maximum Gasteiger partial charge on any atom is 0.380 e. The molecule has 0 aromatic heterocycles. The largest absolute Gasteiger partial charge is 0.380 e. The molecule has 0 spiro atoms. The fraction of sp³-hybridized carbons (Fsp3) is 0.571. The third-order valence-electron chi connectivity index (χ3n) is 2.98. The van der Waals surface area contributed by atoms with Crippen molar-refractivity contribution in [1.82, 2.24) is 0 Å². The van der Waals surface area contributed by atoms with Crippen LogP contribution in [0.2, 0.25) is 0 Å². The number of para-hydroxylation sites is 2. The normalized spacial score (nSPS) is 11.3. The molecule has 0 saturated carbocycles. The Bertz CT molecular complexity index is 495. The van der Waals surface area contributed by atoms with E-state index < -0.39 is 10.3 Å². The maximum absolute atomic E-state index is 11.1. The molecular formula is C14H24N2O3S. The number of nitrogens with two attached hydrogens (primary N) is 1. The molecule has 5 nitrogen and oxygen atoms in total. The summed E-state index contributed by atoms with van der Waals surface area (Å²) in [5.41, 5.74) is 0.781. The molecule has 0 heterocycles. The topological polar surface area (TPSA) is 72.6 Å². The number of unbranched alkanes of at least 4 members (excludes halogenated alkanes) is 2. The zero-order valence-electron chi connectivity index (χ0n) is 12.2. The molecule has 0 bridgehead atoms. The zero-order chi connectivity index (χ0) is 15.0. The van der Waals surface area contributed by atoms with Crippen molar-refractivity contribution in [2.24, 2.45) is 5.14 Å². The molecule has 2 N–H and O–H groups in total. The van der Waals surface area contributed by atoms with Crippen LogP contribution in [0.25, 0.3) is 0 Å². The summed E-state index contributed by atoms with van der Waals surface area (Å²) in [6.07, 6.45) is 4.27. The van der Waals surface area contributed by atoms with Gasteiger partial charge in [-0.3, -0.25) is 0 Å². The van der Waals surface area contributed by atoms with Crippen LogP contribution in [-0.4, -0.2) is 21.5 Å². The zero-order valence-corrected chi connectivity index (χ0v) is 13.0. The minimum absolute atomic E-state index is 0.294. The number of nitrogens with zero attached hydrogens (tertiary/aromatic N) is 1. The van der Waals surface area contributed by atoms with Gasteiger partial charge in [0.15, 0.2) is 5.75 Å². The van der Waals surface area contributed by atoms with Crippen molar-refractivity contribution < 1.29 is 12.6 Å². The lowest BCUT2D eigenvalue weighted by molar-refractivity contribution is 0.486. The quantitative estimate of drug-likeness (QED) is 0.761. The van der Waals surface area contributed by atoms with Gasteiger partial charge in [0.25, 0.3) is 0 Å². The van der Waals surface area contributed by atoms with Crippen LogP contribution in [0.15, 0.2) is 24.3 Å². The van der Waals surface area contributed by atoms with Crippen LogP contribution in [0.5, 0.6) is 5.75 Å². The fourth-order valence-electron chi connectivity index (χ4n) is 1.96. The summed E-state index contributed by atoms with van der Waals surface area (Å²) in [6.45, 7) is 6.01. The minimum atomic E-state index is -4.00. The smallest absolute Gasteiger partial charge is 0.369 e. The molecule has 20 heavy (non-hydrogen) atoms. The standard InChI is InChI=1S/C14H24N2O3S/c1-3-5-11-16(12-6-4-2)13-9-7-8-10-14(13)19-20(15,17)18/h7-10H,3-6,11-12H2,1-2H3,(H2,15,17,18). The highest BCUT2D eigenvalue weighted by molar-refractivity contribution is 7.84. The molecule has 0 radical (unpaired) electrons. The Labute approximate surface area is 122 Å². The van der Waals surface area contributed by atoms with Gasteiger partial charge in [0.05, 0.1) is 5.69 Å². The Morgan fingerprint density at radius 2 is 1.65 bits per heavy atom. The van der Waals surface area contributed by atoms with Gasteiger partial charge in [-0.25, -0.2) is 0 Å². The second-order valence-electron chi connectivity index (χ2n) is 4.74. The van der Waals surface area contributed by atoms with Crippen LogP contribution in [-0.2, 0) is 10.3 Å². The highest BCUT2D eigenvalue weighted by Gasteiger charge is 2.15. The summed E-state index contributed by atoms with van der Waals surface area (Å²) in [5.74, 6) is 0.294. The highest BCUT2D eigenvalue weighted by atomic mass is 32.2. The van der Waals surface area contributed by atoms with Crippen LogP contribution < -0.4 is 14.2 Å². The molecule has 0 amide bonds. The first-order chi connectivity index (χ1) is 9.48. The molecule has 1 rings (SSSR count). The van der Waals surface area contributed by atoms with Gasteiger partial charge in [-0.1, -0.05) is 38.8 Å². The molecule has 0 unspecified atom stereocenters. The third kappa shape index (κ3) is 5.79. The van der Waals surface area contributed by atoms with E-state index >= 15 is 0 Å². The van der Waals surface area contributed by atoms with Gasteiger partial charge in [0, 0.05) is 13.1 Å². The fourth-order valence-corrected chi connectivity index (χ4v) is 2.36. The van der Waals surface area contributed by atoms with E-state index in [4.69, 9.17) is 9.32 Å². The molecule has 1 aromatic carbocycles. The maximum atomic E-state index is 11.1. The van der Waals surface area contributed by atoms with Crippen LogP contribution in [0.3, 0.4) is 0 Å². The average Bonchev–Trinajstić information content (AvgIpc) is 2.38. The summed E-state index contributed by atoms with van der Waals surface area (Å²) in [4.78, 5) is 2.16. The van der Waals surface area contributed by atoms with Crippen molar-refractivity contribution in [3.05, 3.63) is 24.3 Å². The molecule has 0 saturated heterocycles. The summed E-state index contributed by atoms with van der Waals surface area (Å²) < 4.78 is 27.2. The molecule has 6 heteroatoms. The van der Waals surface area contributed by atoms with Crippen LogP contribution in [0.4, 0.5) is 5.69 Å². The van der Waals surface area contributed by atoms with Crippen molar-refractivity contribution in [2.45, 2.75) is 39.5 Å². The van der Waals surface area contributed by atoms with Gasteiger partial charge in [0.2, 0.25) is 0 Å². The molecule has 1 aromatic rings. The predicted molar refractivity (Wildman–Crippen MR) is 82.2 cm³/mol. The Balaban J connectivity index is 2.98. The molecule has 0 fully saturated rings. The van der Waals surface area contributed by atoms with E-state index in [9.17, 15) is 8.42 Å². The second kappa shape index (κ2) is 8.11. The van der Waals surface area contributed by atoms with E-state index in [1.54, 1.807) is 12.1 Å². The van der Waals surface area contributed by atoms with E-state index in [0.717, 1.165) is 44.5 Å². The van der Waals surface area contributed by atoms with E-state index in [1.807, 2.05) is 12.1 Å². The lowest BCUT2D eigenvalue weighted by Gasteiger charge is -2.26. The molecule has 0 aliphatic heterocycles. The predicted octanol–water partition coefficient (Wildman–Crippen LogP) is 2.68. The van der Waals surface area contributed by atoms with Crippen LogP contribution >= 0.6 is 0 Å². The van der Waals surface area contributed by atoms with E-state index in [1.165, 1.54) is 0 Å². The highest BCUT2D eigenvalue weighted by Crippen LogP contribution is 2.29. The first-order valence-corrected chi connectivity index (χ1v) is 8.51. The average molecular weight is 300 g/mol. The first-order valence-electron chi connectivity index (χ1n) is 7.04. The minimum Gasteiger partial charge on any atom is -0.369 e. The number of anilines is 1. The molecule has 114 valence electrons. The van der Waals surface area contributed by atoms with Gasteiger partial charge >= 0.3 is 10.3 Å². The van der Waals surface area contributed by atoms with Gasteiger partial charge < -0.3 is 9.08 Å². The van der Waals surface area contributed by atoms with Crippen LogP contribution in [0.1, 0.15) is 39.5 Å². The Morgan fingerprint density at radius 1 is 1.10 bits per heavy atom. The molecule has 0 aliphatic rings. The van der Waals surface area contributed by atoms with Crippen molar-refractivity contribution >= 4 is 16.0 Å².